The molecule has 3 nitrogen and oxygen atoms in total. The third-order valence-corrected chi connectivity index (χ3v) is 3.67. The summed E-state index contributed by atoms with van der Waals surface area (Å²) in [4.78, 5) is 0. The van der Waals surface area contributed by atoms with Gasteiger partial charge in [-0.15, -0.1) is 0 Å². The SMILES string of the molecule is N#Cc1c(OC[C@@H]2CCCO2)cccc1-c1ccccc1. The minimum atomic E-state index is 0.150. The molecule has 1 aliphatic heterocycles. The lowest BCUT2D eigenvalue weighted by atomic mass is 10.00. The third-order valence-electron chi connectivity index (χ3n) is 3.67. The fourth-order valence-corrected chi connectivity index (χ4v) is 2.58. The van der Waals surface area contributed by atoms with Gasteiger partial charge in [-0.1, -0.05) is 42.5 Å². The van der Waals surface area contributed by atoms with Crippen molar-refractivity contribution in [3.8, 4) is 22.9 Å². The van der Waals surface area contributed by atoms with Crippen LogP contribution in [0.15, 0.2) is 48.5 Å². The van der Waals surface area contributed by atoms with Crippen LogP contribution in [0.4, 0.5) is 0 Å². The molecule has 0 bridgehead atoms. The molecule has 1 fully saturated rings. The molecule has 2 aromatic rings. The zero-order chi connectivity index (χ0) is 14.5. The van der Waals surface area contributed by atoms with E-state index in [9.17, 15) is 5.26 Å². The fourth-order valence-electron chi connectivity index (χ4n) is 2.58. The van der Waals surface area contributed by atoms with Gasteiger partial charge in [0.25, 0.3) is 0 Å². The molecule has 1 atom stereocenters. The predicted octanol–water partition coefficient (Wildman–Crippen LogP) is 3.78. The molecule has 0 aliphatic carbocycles. The lowest BCUT2D eigenvalue weighted by Crippen LogP contribution is -2.16. The summed E-state index contributed by atoms with van der Waals surface area (Å²) in [5.74, 6) is 0.634. The highest BCUT2D eigenvalue weighted by molar-refractivity contribution is 5.73. The molecule has 1 aliphatic rings. The molecular formula is C18H17NO2. The van der Waals surface area contributed by atoms with Crippen molar-refractivity contribution in [2.24, 2.45) is 0 Å². The molecule has 1 heterocycles. The Kier molecular flexibility index (Phi) is 4.18. The van der Waals surface area contributed by atoms with Crippen LogP contribution in [-0.2, 0) is 4.74 Å². The van der Waals surface area contributed by atoms with Crippen molar-refractivity contribution in [1.29, 1.82) is 5.26 Å². The van der Waals surface area contributed by atoms with E-state index in [-0.39, 0.29) is 6.10 Å². The monoisotopic (exact) mass is 279 g/mol. The highest BCUT2D eigenvalue weighted by Gasteiger charge is 2.17. The Hall–Kier alpha value is -2.31. The maximum atomic E-state index is 9.49. The predicted molar refractivity (Wildman–Crippen MR) is 81.1 cm³/mol. The first-order valence-electron chi connectivity index (χ1n) is 7.21. The van der Waals surface area contributed by atoms with Crippen LogP contribution in [0.5, 0.6) is 5.75 Å². The van der Waals surface area contributed by atoms with Gasteiger partial charge in [-0.05, 0) is 24.5 Å². The largest absolute Gasteiger partial charge is 0.489 e. The molecule has 21 heavy (non-hydrogen) atoms. The summed E-state index contributed by atoms with van der Waals surface area (Å²) < 4.78 is 11.4. The van der Waals surface area contributed by atoms with Gasteiger partial charge in [0.05, 0.1) is 6.10 Å². The Morgan fingerprint density at radius 2 is 2.00 bits per heavy atom. The Morgan fingerprint density at radius 3 is 2.71 bits per heavy atom. The van der Waals surface area contributed by atoms with E-state index in [1.165, 1.54) is 0 Å². The molecule has 0 unspecified atom stereocenters. The van der Waals surface area contributed by atoms with Crippen LogP contribution < -0.4 is 4.74 Å². The zero-order valence-electron chi connectivity index (χ0n) is 11.8. The Morgan fingerprint density at radius 1 is 1.14 bits per heavy atom. The smallest absolute Gasteiger partial charge is 0.137 e. The molecule has 0 spiro atoms. The average molecular weight is 279 g/mol. The minimum Gasteiger partial charge on any atom is -0.489 e. The Bertz CT molecular complexity index is 640. The fraction of sp³-hybridized carbons (Fsp3) is 0.278. The van der Waals surface area contributed by atoms with Crippen LogP contribution >= 0.6 is 0 Å². The summed E-state index contributed by atoms with van der Waals surface area (Å²) in [5, 5.41) is 9.49. The highest BCUT2D eigenvalue weighted by Crippen LogP contribution is 2.30. The van der Waals surface area contributed by atoms with E-state index in [2.05, 4.69) is 6.07 Å². The van der Waals surface area contributed by atoms with Gasteiger partial charge in [0.1, 0.15) is 24.0 Å². The number of ether oxygens (including phenoxy) is 2. The first kappa shape index (κ1) is 13.7. The van der Waals surface area contributed by atoms with E-state index in [0.29, 0.717) is 17.9 Å². The van der Waals surface area contributed by atoms with Gasteiger partial charge < -0.3 is 9.47 Å². The number of hydrogen-bond donors (Lipinski definition) is 0. The van der Waals surface area contributed by atoms with E-state index in [1.54, 1.807) is 0 Å². The van der Waals surface area contributed by atoms with Crippen molar-refractivity contribution in [1.82, 2.24) is 0 Å². The molecular weight excluding hydrogens is 262 g/mol. The van der Waals surface area contributed by atoms with Crippen LogP contribution in [-0.4, -0.2) is 19.3 Å². The summed E-state index contributed by atoms with van der Waals surface area (Å²) in [7, 11) is 0. The minimum absolute atomic E-state index is 0.150. The summed E-state index contributed by atoms with van der Waals surface area (Å²) in [6.45, 7) is 1.32. The van der Waals surface area contributed by atoms with Crippen LogP contribution in [0.2, 0.25) is 0 Å². The molecule has 0 aromatic heterocycles. The number of nitrogens with zero attached hydrogens (tertiary/aromatic N) is 1. The molecule has 2 aromatic carbocycles. The molecule has 0 N–H and O–H groups in total. The van der Waals surface area contributed by atoms with Crippen molar-refractivity contribution in [2.75, 3.05) is 13.2 Å². The van der Waals surface area contributed by atoms with E-state index in [0.717, 1.165) is 30.6 Å². The Labute approximate surface area is 124 Å². The lowest BCUT2D eigenvalue weighted by molar-refractivity contribution is 0.0679. The second-order valence-corrected chi connectivity index (χ2v) is 5.10. The first-order chi connectivity index (χ1) is 10.4. The normalized spacial score (nSPS) is 17.4. The maximum absolute atomic E-state index is 9.49. The van der Waals surface area contributed by atoms with Crippen molar-refractivity contribution in [3.63, 3.8) is 0 Å². The van der Waals surface area contributed by atoms with Gasteiger partial charge in [-0.3, -0.25) is 0 Å². The van der Waals surface area contributed by atoms with Crippen molar-refractivity contribution in [2.45, 2.75) is 18.9 Å². The standard InChI is InChI=1S/C18H17NO2/c19-12-17-16(14-6-2-1-3-7-14)9-4-10-18(17)21-13-15-8-5-11-20-15/h1-4,6-7,9-10,15H,5,8,11,13H2/t15-/m0/s1. The van der Waals surface area contributed by atoms with Gasteiger partial charge in [0, 0.05) is 12.2 Å². The van der Waals surface area contributed by atoms with Crippen LogP contribution in [0.25, 0.3) is 11.1 Å². The molecule has 3 rings (SSSR count). The summed E-state index contributed by atoms with van der Waals surface area (Å²) in [6, 6.07) is 17.9. The Balaban J connectivity index is 1.86. The molecule has 0 saturated carbocycles. The summed E-state index contributed by atoms with van der Waals surface area (Å²) >= 11 is 0. The molecule has 106 valence electrons. The second kappa shape index (κ2) is 6.43. The van der Waals surface area contributed by atoms with Crippen molar-refractivity contribution < 1.29 is 9.47 Å². The van der Waals surface area contributed by atoms with Crippen molar-refractivity contribution >= 4 is 0 Å². The van der Waals surface area contributed by atoms with Crippen LogP contribution in [0.3, 0.4) is 0 Å². The topological polar surface area (TPSA) is 42.2 Å². The van der Waals surface area contributed by atoms with Gasteiger partial charge in [-0.2, -0.15) is 5.26 Å². The first-order valence-corrected chi connectivity index (χ1v) is 7.21. The quantitative estimate of drug-likeness (QED) is 0.855. The number of benzene rings is 2. The molecule has 0 amide bonds. The van der Waals surface area contributed by atoms with Gasteiger partial charge in [-0.25, -0.2) is 0 Å². The van der Waals surface area contributed by atoms with E-state index in [1.807, 2.05) is 48.5 Å². The second-order valence-electron chi connectivity index (χ2n) is 5.10. The highest BCUT2D eigenvalue weighted by atomic mass is 16.5. The molecule has 0 radical (unpaired) electrons. The van der Waals surface area contributed by atoms with E-state index < -0.39 is 0 Å². The van der Waals surface area contributed by atoms with Crippen LogP contribution in [0.1, 0.15) is 18.4 Å². The van der Waals surface area contributed by atoms with Crippen LogP contribution in [0, 0.1) is 11.3 Å². The third kappa shape index (κ3) is 3.07. The van der Waals surface area contributed by atoms with Crippen molar-refractivity contribution in [3.05, 3.63) is 54.1 Å². The summed E-state index contributed by atoms with van der Waals surface area (Å²) in [5.41, 5.74) is 2.52. The average Bonchev–Trinajstić information content (AvgIpc) is 3.06. The van der Waals surface area contributed by atoms with Gasteiger partial charge in [0.15, 0.2) is 0 Å². The molecule has 1 saturated heterocycles. The lowest BCUT2D eigenvalue weighted by Gasteiger charge is -2.14. The number of nitriles is 1. The molecule has 3 heteroatoms. The van der Waals surface area contributed by atoms with Gasteiger partial charge in [0.2, 0.25) is 0 Å². The zero-order valence-corrected chi connectivity index (χ0v) is 11.8. The van der Waals surface area contributed by atoms with E-state index in [4.69, 9.17) is 9.47 Å². The number of rotatable bonds is 4. The van der Waals surface area contributed by atoms with E-state index >= 15 is 0 Å². The summed E-state index contributed by atoms with van der Waals surface area (Å²) in [6.07, 6.45) is 2.26. The number of hydrogen-bond acceptors (Lipinski definition) is 3. The maximum Gasteiger partial charge on any atom is 0.137 e. The van der Waals surface area contributed by atoms with Gasteiger partial charge >= 0.3 is 0 Å².